The van der Waals surface area contributed by atoms with Gasteiger partial charge in [0.05, 0.1) is 11.9 Å². The molecule has 0 aromatic heterocycles. The lowest BCUT2D eigenvalue weighted by molar-refractivity contribution is -0.298. The Kier molecular flexibility index (Phi) is 4.85. The molecular weight excluding hydrogens is 300 g/mol. The molecule has 0 saturated heterocycles. The Morgan fingerprint density at radius 2 is 1.72 bits per heavy atom. The molecule has 4 nitrogen and oxygen atoms in total. The van der Waals surface area contributed by atoms with Crippen molar-refractivity contribution in [1.82, 2.24) is 0 Å². The van der Waals surface area contributed by atoms with Crippen LogP contribution in [0.3, 0.4) is 0 Å². The van der Waals surface area contributed by atoms with E-state index in [2.05, 4.69) is 15.9 Å². The van der Waals surface area contributed by atoms with E-state index in [0.29, 0.717) is 5.56 Å². The van der Waals surface area contributed by atoms with Crippen LogP contribution in [0.5, 0.6) is 0 Å². The first kappa shape index (κ1) is 14.2. The van der Waals surface area contributed by atoms with Crippen molar-refractivity contribution in [3.63, 3.8) is 0 Å². The highest BCUT2D eigenvalue weighted by atomic mass is 79.9. The lowest BCUT2D eigenvalue weighted by Gasteiger charge is -2.10. The highest BCUT2D eigenvalue weighted by molar-refractivity contribution is 9.10. The van der Waals surface area contributed by atoms with Crippen LogP contribution in [-0.4, -0.2) is 11.9 Å². The summed E-state index contributed by atoms with van der Waals surface area (Å²) in [7, 11) is 0. The monoisotopic (exact) mass is 308 g/mol. The summed E-state index contributed by atoms with van der Waals surface area (Å²) in [5, 5.41) is 21.4. The summed E-state index contributed by atoms with van der Waals surface area (Å²) in [5.41, 5.74) is 0.503. The van der Waals surface area contributed by atoms with E-state index in [0.717, 1.165) is 10.5 Å². The molecule has 0 aliphatic carbocycles. The van der Waals surface area contributed by atoms with Gasteiger partial charge < -0.3 is 19.8 Å². The van der Waals surface area contributed by atoms with Crippen LogP contribution >= 0.6 is 15.9 Å². The number of benzene rings is 1. The zero-order valence-electron chi connectivity index (χ0n) is 9.48. The Hall–Kier alpha value is -1.88. The maximum absolute atomic E-state index is 11.0. The van der Waals surface area contributed by atoms with E-state index in [9.17, 15) is 19.8 Å². The third-order valence-corrected chi connectivity index (χ3v) is 2.69. The molecule has 0 spiro atoms. The minimum absolute atomic E-state index is 0.0675. The Balaban J connectivity index is 3.17. The minimum Gasteiger partial charge on any atom is -0.545 e. The van der Waals surface area contributed by atoms with Gasteiger partial charge in [0.2, 0.25) is 0 Å². The van der Waals surface area contributed by atoms with Crippen LogP contribution in [0.4, 0.5) is 0 Å². The van der Waals surface area contributed by atoms with E-state index in [-0.39, 0.29) is 11.1 Å². The molecule has 5 heteroatoms. The van der Waals surface area contributed by atoms with Gasteiger partial charge in [0, 0.05) is 10.0 Å². The van der Waals surface area contributed by atoms with E-state index >= 15 is 0 Å². The predicted molar refractivity (Wildman–Crippen MR) is 65.9 cm³/mol. The van der Waals surface area contributed by atoms with E-state index < -0.39 is 11.9 Å². The highest BCUT2D eigenvalue weighted by Gasteiger charge is 2.02. The predicted octanol–water partition coefficient (Wildman–Crippen LogP) is 0.279. The largest absolute Gasteiger partial charge is 0.545 e. The van der Waals surface area contributed by atoms with Crippen molar-refractivity contribution in [3.05, 3.63) is 51.5 Å². The van der Waals surface area contributed by atoms with Crippen molar-refractivity contribution in [2.24, 2.45) is 0 Å². The van der Waals surface area contributed by atoms with E-state index in [1.807, 2.05) is 0 Å². The molecule has 1 rings (SSSR count). The molecule has 0 atom stereocenters. The fourth-order valence-corrected chi connectivity index (χ4v) is 1.58. The molecule has 0 amide bonds. The van der Waals surface area contributed by atoms with Gasteiger partial charge in [-0.15, -0.1) is 0 Å². The van der Waals surface area contributed by atoms with Crippen LogP contribution < -0.4 is 10.2 Å². The van der Waals surface area contributed by atoms with Gasteiger partial charge in [-0.1, -0.05) is 28.1 Å². The molecule has 0 fully saturated rings. The zero-order chi connectivity index (χ0) is 13.7. The summed E-state index contributed by atoms with van der Waals surface area (Å²) < 4.78 is 0.858. The van der Waals surface area contributed by atoms with Gasteiger partial charge in [-0.05, 0) is 42.3 Å². The first-order chi connectivity index (χ1) is 8.40. The molecular formula is C13H9BrO4-2. The molecule has 0 bridgehead atoms. The second-order valence-corrected chi connectivity index (χ2v) is 4.46. The topological polar surface area (TPSA) is 80.3 Å². The number of carboxylic acids is 2. The number of carbonyl (C=O) groups is 2. The molecule has 18 heavy (non-hydrogen) atoms. The second-order valence-electron chi connectivity index (χ2n) is 3.54. The van der Waals surface area contributed by atoms with Gasteiger partial charge in [-0.2, -0.15) is 0 Å². The SMILES string of the molecule is CC(=C/C(=O)[O-])/C(=C\c1ccc(Br)cc1)C(=O)[O-]. The first-order valence-electron chi connectivity index (χ1n) is 4.98. The average molecular weight is 309 g/mol. The number of aliphatic carboxylic acids is 2. The van der Waals surface area contributed by atoms with Crippen molar-refractivity contribution in [2.45, 2.75) is 6.92 Å². The maximum atomic E-state index is 11.0. The normalized spacial score (nSPS) is 12.3. The van der Waals surface area contributed by atoms with Gasteiger partial charge in [-0.3, -0.25) is 0 Å². The summed E-state index contributed by atoms with van der Waals surface area (Å²) in [5.74, 6) is -2.89. The molecule has 0 aliphatic rings. The quantitative estimate of drug-likeness (QED) is 0.591. The first-order valence-corrected chi connectivity index (χ1v) is 5.77. The molecule has 0 unspecified atom stereocenters. The molecule has 0 radical (unpaired) electrons. The van der Waals surface area contributed by atoms with E-state index in [1.165, 1.54) is 13.0 Å². The maximum Gasteiger partial charge on any atom is 0.0718 e. The summed E-state index contributed by atoms with van der Waals surface area (Å²) >= 11 is 3.26. The fourth-order valence-electron chi connectivity index (χ4n) is 1.31. The van der Waals surface area contributed by atoms with Crippen molar-refractivity contribution >= 4 is 33.9 Å². The molecule has 94 valence electrons. The third kappa shape index (κ3) is 4.18. The number of halogens is 1. The van der Waals surface area contributed by atoms with Crippen LogP contribution in [-0.2, 0) is 9.59 Å². The lowest BCUT2D eigenvalue weighted by atomic mass is 10.0. The second kappa shape index (κ2) is 6.16. The standard InChI is InChI=1S/C13H11BrO4/c1-8(6-12(15)16)11(13(17)18)7-9-2-4-10(14)5-3-9/h2-7H,1H3,(H,15,16)(H,17,18)/p-2/b8-6-,11-7+. The third-order valence-electron chi connectivity index (χ3n) is 2.16. The van der Waals surface area contributed by atoms with Gasteiger partial charge in [-0.25, -0.2) is 0 Å². The van der Waals surface area contributed by atoms with Crippen LogP contribution in [0.25, 0.3) is 6.08 Å². The average Bonchev–Trinajstić information content (AvgIpc) is 2.26. The molecule has 1 aromatic carbocycles. The van der Waals surface area contributed by atoms with Gasteiger partial charge in [0.1, 0.15) is 0 Å². The number of hydrogen-bond acceptors (Lipinski definition) is 4. The van der Waals surface area contributed by atoms with Crippen molar-refractivity contribution in [2.75, 3.05) is 0 Å². The smallest absolute Gasteiger partial charge is 0.0718 e. The zero-order valence-corrected chi connectivity index (χ0v) is 11.1. The lowest BCUT2D eigenvalue weighted by Crippen LogP contribution is -2.26. The van der Waals surface area contributed by atoms with Gasteiger partial charge in [0.25, 0.3) is 0 Å². The Morgan fingerprint density at radius 1 is 1.17 bits per heavy atom. The van der Waals surface area contributed by atoms with Crippen LogP contribution in [0.2, 0.25) is 0 Å². The minimum atomic E-state index is -1.45. The molecule has 0 saturated carbocycles. The summed E-state index contributed by atoms with van der Waals surface area (Å²) in [6.07, 6.45) is 2.07. The van der Waals surface area contributed by atoms with Crippen LogP contribution in [0.1, 0.15) is 12.5 Å². The summed E-state index contributed by atoms with van der Waals surface area (Å²) in [6.45, 7) is 1.37. The number of carbonyl (C=O) groups excluding carboxylic acids is 2. The number of rotatable bonds is 4. The van der Waals surface area contributed by atoms with E-state index in [1.54, 1.807) is 24.3 Å². The Morgan fingerprint density at radius 3 is 2.17 bits per heavy atom. The summed E-state index contributed by atoms with van der Waals surface area (Å²) in [6, 6.07) is 6.88. The van der Waals surface area contributed by atoms with Gasteiger partial charge in [0.15, 0.2) is 0 Å². The Labute approximate surface area is 112 Å². The number of carboxylic acid groups (broad SMARTS) is 2. The molecule has 1 aromatic rings. The Bertz CT molecular complexity index is 526. The van der Waals surface area contributed by atoms with Crippen molar-refractivity contribution in [1.29, 1.82) is 0 Å². The van der Waals surface area contributed by atoms with Crippen LogP contribution in [0, 0.1) is 0 Å². The van der Waals surface area contributed by atoms with Crippen LogP contribution in [0.15, 0.2) is 46.0 Å². The van der Waals surface area contributed by atoms with Crippen molar-refractivity contribution in [3.8, 4) is 0 Å². The molecule has 0 heterocycles. The fraction of sp³-hybridized carbons (Fsp3) is 0.0769. The highest BCUT2D eigenvalue weighted by Crippen LogP contribution is 2.16. The van der Waals surface area contributed by atoms with Crippen molar-refractivity contribution < 1.29 is 19.8 Å². The molecule has 0 aliphatic heterocycles. The van der Waals surface area contributed by atoms with E-state index in [4.69, 9.17) is 0 Å². The summed E-state index contributed by atoms with van der Waals surface area (Å²) in [4.78, 5) is 21.4. The molecule has 0 N–H and O–H groups in total. The number of hydrogen-bond donors (Lipinski definition) is 0. The van der Waals surface area contributed by atoms with Gasteiger partial charge >= 0.3 is 0 Å².